The minimum absolute atomic E-state index is 0.111. The summed E-state index contributed by atoms with van der Waals surface area (Å²) in [6.07, 6.45) is 0. The van der Waals surface area contributed by atoms with Gasteiger partial charge in [-0.2, -0.15) is 9.61 Å². The highest BCUT2D eigenvalue weighted by Gasteiger charge is 2.14. The van der Waals surface area contributed by atoms with Crippen LogP contribution in [-0.4, -0.2) is 43.8 Å². The standard InChI is InChI=1S/C12H18N4O2S/c1-8(2)15(4-5-17)7-10-14-16-11(18)6-9(3)13-12(16)19-10/h6,8,17H,4-5,7H2,1-3H3. The zero-order valence-electron chi connectivity index (χ0n) is 11.3. The van der Waals surface area contributed by atoms with Gasteiger partial charge in [-0.1, -0.05) is 11.3 Å². The second kappa shape index (κ2) is 5.77. The Bertz CT molecular complexity index is 620. The van der Waals surface area contributed by atoms with E-state index >= 15 is 0 Å². The van der Waals surface area contributed by atoms with Crippen LogP contribution in [0.3, 0.4) is 0 Å². The molecule has 2 heterocycles. The molecular formula is C12H18N4O2S. The number of hydrogen-bond acceptors (Lipinski definition) is 6. The molecule has 2 aromatic heterocycles. The van der Waals surface area contributed by atoms with Crippen molar-refractivity contribution in [2.45, 2.75) is 33.4 Å². The lowest BCUT2D eigenvalue weighted by molar-refractivity contribution is 0.159. The summed E-state index contributed by atoms with van der Waals surface area (Å²) in [7, 11) is 0. The molecule has 0 bridgehead atoms. The average molecular weight is 282 g/mol. The van der Waals surface area contributed by atoms with Crippen LogP contribution in [0.5, 0.6) is 0 Å². The third-order valence-electron chi connectivity index (χ3n) is 2.87. The number of fused-ring (bicyclic) bond motifs is 1. The molecule has 7 heteroatoms. The Kier molecular flexibility index (Phi) is 4.28. The van der Waals surface area contributed by atoms with Crippen molar-refractivity contribution in [2.24, 2.45) is 0 Å². The van der Waals surface area contributed by atoms with Gasteiger partial charge in [-0.05, 0) is 20.8 Å². The SMILES string of the molecule is Cc1cc(=O)n2nc(CN(CCO)C(C)C)sc2n1. The van der Waals surface area contributed by atoms with Crippen LogP contribution in [0.25, 0.3) is 4.96 Å². The van der Waals surface area contributed by atoms with Crippen LogP contribution < -0.4 is 5.56 Å². The summed E-state index contributed by atoms with van der Waals surface area (Å²) in [6.45, 7) is 7.25. The lowest BCUT2D eigenvalue weighted by atomic mass is 10.3. The van der Waals surface area contributed by atoms with E-state index in [0.29, 0.717) is 29.8 Å². The summed E-state index contributed by atoms with van der Waals surface area (Å²) in [5.41, 5.74) is 0.555. The summed E-state index contributed by atoms with van der Waals surface area (Å²) in [5.74, 6) is 0. The molecule has 6 nitrogen and oxygen atoms in total. The van der Waals surface area contributed by atoms with Crippen LogP contribution in [0.15, 0.2) is 10.9 Å². The van der Waals surface area contributed by atoms with E-state index < -0.39 is 0 Å². The minimum Gasteiger partial charge on any atom is -0.395 e. The van der Waals surface area contributed by atoms with Crippen molar-refractivity contribution in [3.05, 3.63) is 27.1 Å². The second-order valence-corrected chi connectivity index (χ2v) is 5.75. The Labute approximate surface area is 115 Å². The normalized spacial score (nSPS) is 11.9. The Morgan fingerprint density at radius 2 is 2.26 bits per heavy atom. The first kappa shape index (κ1) is 14.1. The van der Waals surface area contributed by atoms with E-state index in [1.165, 1.54) is 21.9 Å². The summed E-state index contributed by atoms with van der Waals surface area (Å²) < 4.78 is 1.34. The molecule has 0 amide bonds. The smallest absolute Gasteiger partial charge is 0.275 e. The summed E-state index contributed by atoms with van der Waals surface area (Å²) >= 11 is 1.41. The van der Waals surface area contributed by atoms with Crippen molar-refractivity contribution in [3.63, 3.8) is 0 Å². The molecule has 0 saturated heterocycles. The van der Waals surface area contributed by atoms with E-state index in [1.54, 1.807) is 6.92 Å². The largest absolute Gasteiger partial charge is 0.395 e. The number of nitrogens with zero attached hydrogens (tertiary/aromatic N) is 4. The number of aliphatic hydroxyl groups excluding tert-OH is 1. The highest BCUT2D eigenvalue weighted by molar-refractivity contribution is 7.16. The highest BCUT2D eigenvalue weighted by Crippen LogP contribution is 2.14. The van der Waals surface area contributed by atoms with Crippen molar-refractivity contribution in [3.8, 4) is 0 Å². The van der Waals surface area contributed by atoms with E-state index in [2.05, 4.69) is 28.8 Å². The first-order valence-corrected chi connectivity index (χ1v) is 7.04. The number of hydrogen-bond donors (Lipinski definition) is 1. The maximum atomic E-state index is 11.8. The van der Waals surface area contributed by atoms with Gasteiger partial charge in [0.05, 0.1) is 13.2 Å². The van der Waals surface area contributed by atoms with E-state index in [-0.39, 0.29) is 12.2 Å². The van der Waals surface area contributed by atoms with Crippen LogP contribution in [0, 0.1) is 6.92 Å². The minimum atomic E-state index is -0.150. The van der Waals surface area contributed by atoms with Gasteiger partial charge in [0, 0.05) is 24.3 Å². The van der Waals surface area contributed by atoms with Gasteiger partial charge in [-0.25, -0.2) is 4.98 Å². The molecule has 0 saturated carbocycles. The molecule has 0 aliphatic carbocycles. The molecule has 2 aromatic rings. The Hall–Kier alpha value is -1.31. The van der Waals surface area contributed by atoms with Crippen molar-refractivity contribution >= 4 is 16.3 Å². The molecule has 0 unspecified atom stereocenters. The molecule has 0 radical (unpaired) electrons. The van der Waals surface area contributed by atoms with Gasteiger partial charge in [0.1, 0.15) is 5.01 Å². The molecule has 0 aromatic carbocycles. The molecule has 0 spiro atoms. The van der Waals surface area contributed by atoms with Crippen LogP contribution in [0.1, 0.15) is 24.5 Å². The fourth-order valence-electron chi connectivity index (χ4n) is 1.85. The van der Waals surface area contributed by atoms with Crippen molar-refractivity contribution in [2.75, 3.05) is 13.2 Å². The molecule has 0 aliphatic heterocycles. The molecule has 0 atom stereocenters. The van der Waals surface area contributed by atoms with Gasteiger partial charge >= 0.3 is 0 Å². The van der Waals surface area contributed by atoms with Gasteiger partial charge in [-0.15, -0.1) is 0 Å². The van der Waals surface area contributed by atoms with Crippen molar-refractivity contribution in [1.82, 2.24) is 19.5 Å². The number of aryl methyl sites for hydroxylation is 1. The monoisotopic (exact) mass is 282 g/mol. The third kappa shape index (κ3) is 3.17. The summed E-state index contributed by atoms with van der Waals surface area (Å²) in [4.78, 5) is 18.8. The van der Waals surface area contributed by atoms with E-state index in [9.17, 15) is 4.79 Å². The van der Waals surface area contributed by atoms with E-state index in [1.807, 2.05) is 0 Å². The molecule has 19 heavy (non-hydrogen) atoms. The van der Waals surface area contributed by atoms with Crippen molar-refractivity contribution in [1.29, 1.82) is 0 Å². The number of aliphatic hydroxyl groups is 1. The van der Waals surface area contributed by atoms with Crippen LogP contribution >= 0.6 is 11.3 Å². The number of aromatic nitrogens is 3. The van der Waals surface area contributed by atoms with E-state index in [0.717, 1.165) is 5.01 Å². The fraction of sp³-hybridized carbons (Fsp3) is 0.583. The maximum Gasteiger partial charge on any atom is 0.275 e. The lowest BCUT2D eigenvalue weighted by Gasteiger charge is -2.23. The van der Waals surface area contributed by atoms with Gasteiger partial charge in [-0.3, -0.25) is 9.69 Å². The predicted octanol–water partition coefficient (Wildman–Crippen LogP) is 0.662. The zero-order chi connectivity index (χ0) is 14.0. The van der Waals surface area contributed by atoms with Crippen LogP contribution in [-0.2, 0) is 6.54 Å². The summed E-state index contributed by atoms with van der Waals surface area (Å²) in [5, 5.41) is 14.2. The van der Waals surface area contributed by atoms with Crippen LogP contribution in [0.4, 0.5) is 0 Å². The topological polar surface area (TPSA) is 70.7 Å². The molecule has 0 fully saturated rings. The highest BCUT2D eigenvalue weighted by atomic mass is 32.1. The molecule has 104 valence electrons. The third-order valence-corrected chi connectivity index (χ3v) is 3.76. The predicted molar refractivity (Wildman–Crippen MR) is 74.5 cm³/mol. The first-order valence-electron chi connectivity index (χ1n) is 6.22. The molecule has 2 rings (SSSR count). The quantitative estimate of drug-likeness (QED) is 0.872. The van der Waals surface area contributed by atoms with Gasteiger partial charge < -0.3 is 5.11 Å². The fourth-order valence-corrected chi connectivity index (χ4v) is 2.82. The Balaban J connectivity index is 2.31. The zero-order valence-corrected chi connectivity index (χ0v) is 12.1. The van der Waals surface area contributed by atoms with Gasteiger partial charge in [0.15, 0.2) is 0 Å². The first-order chi connectivity index (χ1) is 9.01. The molecule has 1 N–H and O–H groups in total. The maximum absolute atomic E-state index is 11.8. The molecular weight excluding hydrogens is 264 g/mol. The lowest BCUT2D eigenvalue weighted by Crippen LogP contribution is -2.33. The Morgan fingerprint density at radius 3 is 2.89 bits per heavy atom. The van der Waals surface area contributed by atoms with Crippen molar-refractivity contribution < 1.29 is 5.11 Å². The van der Waals surface area contributed by atoms with Gasteiger partial charge in [0.25, 0.3) is 5.56 Å². The van der Waals surface area contributed by atoms with Gasteiger partial charge in [0.2, 0.25) is 4.96 Å². The van der Waals surface area contributed by atoms with E-state index in [4.69, 9.17) is 5.11 Å². The Morgan fingerprint density at radius 1 is 1.53 bits per heavy atom. The number of rotatable bonds is 5. The second-order valence-electron chi connectivity index (χ2n) is 4.71. The van der Waals surface area contributed by atoms with Crippen LogP contribution in [0.2, 0.25) is 0 Å². The summed E-state index contributed by atoms with van der Waals surface area (Å²) in [6, 6.07) is 1.79. The average Bonchev–Trinajstić information content (AvgIpc) is 2.71. The molecule has 0 aliphatic rings.